The van der Waals surface area contributed by atoms with E-state index in [-0.39, 0.29) is 5.95 Å². The second-order valence-electron chi connectivity index (χ2n) is 1.87. The highest BCUT2D eigenvalue weighted by Gasteiger charge is 1.96. The van der Waals surface area contributed by atoms with Crippen molar-refractivity contribution in [3.63, 3.8) is 0 Å². The summed E-state index contributed by atoms with van der Waals surface area (Å²) in [6.45, 7) is 2.73. The van der Waals surface area contributed by atoms with Crippen LogP contribution in [-0.4, -0.2) is 17.0 Å². The first-order valence-corrected chi connectivity index (χ1v) is 3.26. The average molecular weight is 141 g/mol. The highest BCUT2D eigenvalue weighted by molar-refractivity contribution is 4.88. The van der Waals surface area contributed by atoms with Crippen molar-refractivity contribution in [2.75, 3.05) is 6.61 Å². The van der Waals surface area contributed by atoms with Crippen molar-refractivity contribution in [3.8, 4) is 5.95 Å². The highest BCUT2D eigenvalue weighted by atomic mass is 16.6. The van der Waals surface area contributed by atoms with Gasteiger partial charge in [-0.1, -0.05) is 13.3 Å². The second kappa shape index (κ2) is 3.87. The quantitative estimate of drug-likeness (QED) is 0.588. The Bertz CT molecular complexity index is 162. The molecule has 1 aromatic rings. The Kier molecular flexibility index (Phi) is 2.73. The van der Waals surface area contributed by atoms with Crippen molar-refractivity contribution < 1.29 is 9.26 Å². The van der Waals surface area contributed by atoms with E-state index in [9.17, 15) is 0 Å². The minimum Gasteiger partial charge on any atom is -0.462 e. The van der Waals surface area contributed by atoms with Crippen LogP contribution in [0.3, 0.4) is 0 Å². The van der Waals surface area contributed by atoms with Crippen molar-refractivity contribution in [2.24, 2.45) is 0 Å². The van der Waals surface area contributed by atoms with Crippen LogP contribution in [0.15, 0.2) is 4.52 Å². The van der Waals surface area contributed by atoms with Crippen LogP contribution in [0.2, 0.25) is 0 Å². The molecule has 0 saturated carbocycles. The Morgan fingerprint density at radius 3 is 3.20 bits per heavy atom. The lowest BCUT2D eigenvalue weighted by molar-refractivity contribution is 0.207. The topological polar surface area (TPSA) is 48.2 Å². The zero-order chi connectivity index (χ0) is 7.23. The van der Waals surface area contributed by atoms with Gasteiger partial charge in [-0.3, -0.25) is 4.52 Å². The number of nitrogens with zero attached hydrogens (tertiary/aromatic N) is 2. The zero-order valence-electron chi connectivity index (χ0n) is 5.83. The summed E-state index contributed by atoms with van der Waals surface area (Å²) in [5, 5.41) is 6.53. The molecule has 0 bridgehead atoms. The Balaban J connectivity index is 2.15. The van der Waals surface area contributed by atoms with Gasteiger partial charge in [-0.25, -0.2) is 0 Å². The van der Waals surface area contributed by atoms with Crippen LogP contribution >= 0.6 is 0 Å². The molecule has 1 aromatic heterocycles. The minimum atomic E-state index is 0.272. The van der Waals surface area contributed by atoms with E-state index in [0.717, 1.165) is 12.8 Å². The molecule has 4 heteroatoms. The fraction of sp³-hybridized carbons (Fsp3) is 0.667. The van der Waals surface area contributed by atoms with Gasteiger partial charge in [0.05, 0.1) is 6.61 Å². The minimum absolute atomic E-state index is 0.272. The maximum absolute atomic E-state index is 5.04. The van der Waals surface area contributed by atoms with Gasteiger partial charge in [-0.05, 0) is 6.42 Å². The van der Waals surface area contributed by atoms with Crippen molar-refractivity contribution >= 4 is 0 Å². The smallest absolute Gasteiger partial charge is 0.342 e. The third-order valence-electron chi connectivity index (χ3n) is 1.04. The molecule has 0 amide bonds. The van der Waals surface area contributed by atoms with Gasteiger partial charge in [-0.15, -0.1) is 5.10 Å². The molecule has 0 saturated heterocycles. The maximum atomic E-state index is 5.04. The van der Waals surface area contributed by atoms with E-state index in [1.54, 1.807) is 0 Å². The molecule has 0 spiro atoms. The lowest BCUT2D eigenvalue weighted by Crippen LogP contribution is -1.94. The average Bonchev–Trinajstić information content (AvgIpc) is 2.41. The lowest BCUT2D eigenvalue weighted by Gasteiger charge is -1.96. The van der Waals surface area contributed by atoms with E-state index in [4.69, 9.17) is 4.74 Å². The van der Waals surface area contributed by atoms with E-state index in [1.165, 1.54) is 0 Å². The molecular formula is C6H9N2O2. The lowest BCUT2D eigenvalue weighted by atomic mass is 10.4. The van der Waals surface area contributed by atoms with Crippen molar-refractivity contribution in [1.82, 2.24) is 10.4 Å². The Morgan fingerprint density at radius 2 is 2.60 bits per heavy atom. The molecule has 1 heterocycles. The molecular weight excluding hydrogens is 132 g/mol. The normalized spacial score (nSPS) is 9.70. The van der Waals surface area contributed by atoms with Gasteiger partial charge in [0.1, 0.15) is 0 Å². The number of hydrogen-bond donors (Lipinski definition) is 0. The van der Waals surface area contributed by atoms with Crippen molar-refractivity contribution in [3.05, 3.63) is 6.20 Å². The van der Waals surface area contributed by atoms with E-state index < -0.39 is 0 Å². The summed E-state index contributed by atoms with van der Waals surface area (Å²) >= 11 is 0. The summed E-state index contributed by atoms with van der Waals surface area (Å²) in [5.41, 5.74) is 0. The first-order chi connectivity index (χ1) is 4.93. The van der Waals surface area contributed by atoms with Gasteiger partial charge in [0.15, 0.2) is 0 Å². The van der Waals surface area contributed by atoms with Gasteiger partial charge < -0.3 is 4.74 Å². The van der Waals surface area contributed by atoms with Crippen LogP contribution in [0.5, 0.6) is 5.95 Å². The van der Waals surface area contributed by atoms with Crippen LogP contribution in [0.1, 0.15) is 19.8 Å². The van der Waals surface area contributed by atoms with Crippen LogP contribution in [-0.2, 0) is 0 Å². The molecule has 1 rings (SSSR count). The summed E-state index contributed by atoms with van der Waals surface area (Å²) in [7, 11) is 0. The number of unbranched alkanes of at least 4 members (excludes halogenated alkanes) is 1. The molecule has 1 radical (unpaired) electrons. The summed E-state index contributed by atoms with van der Waals surface area (Å²) in [6.07, 6.45) is 4.55. The molecule has 4 nitrogen and oxygen atoms in total. The number of aromatic nitrogens is 2. The van der Waals surface area contributed by atoms with Crippen molar-refractivity contribution in [1.29, 1.82) is 0 Å². The van der Waals surface area contributed by atoms with E-state index in [0.29, 0.717) is 6.61 Å². The fourth-order valence-corrected chi connectivity index (χ4v) is 0.507. The highest BCUT2D eigenvalue weighted by Crippen LogP contribution is 2.03. The van der Waals surface area contributed by atoms with E-state index in [1.807, 2.05) is 0 Å². The summed E-state index contributed by atoms with van der Waals surface area (Å²) < 4.78 is 9.58. The number of ether oxygens (including phenoxy) is 1. The Morgan fingerprint density at radius 1 is 1.70 bits per heavy atom. The second-order valence-corrected chi connectivity index (χ2v) is 1.87. The van der Waals surface area contributed by atoms with Gasteiger partial charge in [-0.2, -0.15) is 0 Å². The standard InChI is InChI=1S/C6H9N2O2/c1-2-3-4-9-6-5-7-8-10-6/h2-4H2,1H3. The molecule has 0 fully saturated rings. The Labute approximate surface area is 59.2 Å². The third kappa shape index (κ3) is 2.05. The van der Waals surface area contributed by atoms with Gasteiger partial charge >= 0.3 is 5.95 Å². The molecule has 10 heavy (non-hydrogen) atoms. The van der Waals surface area contributed by atoms with Crippen LogP contribution in [0.4, 0.5) is 0 Å². The molecule has 0 unspecified atom stereocenters. The SMILES string of the molecule is CCCCOc1[c]nno1. The maximum Gasteiger partial charge on any atom is 0.342 e. The summed E-state index contributed by atoms with van der Waals surface area (Å²) in [5.74, 6) is 0.272. The summed E-state index contributed by atoms with van der Waals surface area (Å²) in [4.78, 5) is 0. The molecule has 0 N–H and O–H groups in total. The van der Waals surface area contributed by atoms with Crippen LogP contribution < -0.4 is 4.74 Å². The van der Waals surface area contributed by atoms with Crippen molar-refractivity contribution in [2.45, 2.75) is 19.8 Å². The summed E-state index contributed by atoms with van der Waals surface area (Å²) in [6, 6.07) is 0. The number of rotatable bonds is 4. The predicted molar refractivity (Wildman–Crippen MR) is 33.5 cm³/mol. The van der Waals surface area contributed by atoms with E-state index in [2.05, 4.69) is 28.0 Å². The molecule has 0 aliphatic carbocycles. The Hall–Kier alpha value is -1.06. The monoisotopic (exact) mass is 141 g/mol. The molecule has 0 aromatic carbocycles. The largest absolute Gasteiger partial charge is 0.462 e. The fourth-order valence-electron chi connectivity index (χ4n) is 0.507. The van der Waals surface area contributed by atoms with Gasteiger partial charge in [0.25, 0.3) is 0 Å². The first-order valence-electron chi connectivity index (χ1n) is 3.26. The molecule has 0 aliphatic heterocycles. The van der Waals surface area contributed by atoms with Crippen LogP contribution in [0.25, 0.3) is 0 Å². The molecule has 0 aliphatic rings. The first kappa shape index (κ1) is 7.05. The third-order valence-corrected chi connectivity index (χ3v) is 1.04. The van der Waals surface area contributed by atoms with Gasteiger partial charge in [0, 0.05) is 5.27 Å². The predicted octanol–water partition coefficient (Wildman–Crippen LogP) is 1.05. The van der Waals surface area contributed by atoms with E-state index >= 15 is 0 Å². The van der Waals surface area contributed by atoms with Crippen LogP contribution in [0, 0.1) is 6.20 Å². The zero-order valence-corrected chi connectivity index (χ0v) is 5.83. The van der Waals surface area contributed by atoms with Gasteiger partial charge in [0.2, 0.25) is 6.20 Å². The molecule has 0 atom stereocenters. The number of hydrogen-bond acceptors (Lipinski definition) is 4. The molecule has 55 valence electrons.